The van der Waals surface area contributed by atoms with E-state index in [4.69, 9.17) is 9.47 Å². The second-order valence-electron chi connectivity index (χ2n) is 9.19. The lowest BCUT2D eigenvalue weighted by Crippen LogP contribution is -2.39. The predicted octanol–water partition coefficient (Wildman–Crippen LogP) is 5.99. The smallest absolute Gasteiger partial charge is 0.439 e. The third kappa shape index (κ3) is 6.33. The van der Waals surface area contributed by atoms with E-state index in [0.29, 0.717) is 44.7 Å². The Morgan fingerprint density at radius 2 is 1.85 bits per heavy atom. The Labute approximate surface area is 228 Å². The SMILES string of the molecule is COc1cc(OCc2sc(-c3ccc(C(F)(F)F)cc3)nc2CN2CCC(F)(F)CC2)ccc1-c1noc(=O)[nH]1. The highest BCUT2D eigenvalue weighted by Gasteiger charge is 2.34. The topological polar surface area (TPSA) is 93.5 Å². The second kappa shape index (κ2) is 11.0. The number of hydrogen-bond donors (Lipinski definition) is 1. The number of nitrogens with one attached hydrogen (secondary N) is 1. The zero-order chi connectivity index (χ0) is 28.5. The molecule has 1 N–H and O–H groups in total. The van der Waals surface area contributed by atoms with E-state index in [9.17, 15) is 26.7 Å². The van der Waals surface area contributed by atoms with Crippen LogP contribution in [0.5, 0.6) is 11.5 Å². The van der Waals surface area contributed by atoms with Crippen molar-refractivity contribution in [2.75, 3.05) is 20.2 Å². The summed E-state index contributed by atoms with van der Waals surface area (Å²) < 4.78 is 82.3. The summed E-state index contributed by atoms with van der Waals surface area (Å²) in [5, 5.41) is 4.15. The molecule has 212 valence electrons. The number of alkyl halides is 5. The van der Waals surface area contributed by atoms with E-state index in [1.165, 1.54) is 30.6 Å². The first kappa shape index (κ1) is 27.8. The minimum absolute atomic E-state index is 0.0704. The fraction of sp³-hybridized carbons (Fsp3) is 0.346. The van der Waals surface area contributed by atoms with Crippen molar-refractivity contribution in [1.82, 2.24) is 20.0 Å². The molecule has 2 aromatic carbocycles. The molecule has 5 rings (SSSR count). The molecule has 1 aliphatic heterocycles. The molecule has 0 saturated carbocycles. The molecule has 4 aromatic rings. The Morgan fingerprint density at radius 1 is 1.12 bits per heavy atom. The van der Waals surface area contributed by atoms with Crippen LogP contribution in [0, 0.1) is 0 Å². The summed E-state index contributed by atoms with van der Waals surface area (Å²) in [6.45, 7) is 0.765. The molecule has 1 fully saturated rings. The predicted molar refractivity (Wildman–Crippen MR) is 135 cm³/mol. The normalized spacial score (nSPS) is 15.8. The van der Waals surface area contributed by atoms with Crippen LogP contribution in [0.3, 0.4) is 0 Å². The molecule has 0 bridgehead atoms. The molecule has 0 amide bonds. The lowest BCUT2D eigenvalue weighted by molar-refractivity contribution is -0.137. The van der Waals surface area contributed by atoms with Gasteiger partial charge in [-0.3, -0.25) is 14.4 Å². The van der Waals surface area contributed by atoms with Crippen molar-refractivity contribution in [3.8, 4) is 33.5 Å². The highest BCUT2D eigenvalue weighted by molar-refractivity contribution is 7.15. The quantitative estimate of drug-likeness (QED) is 0.255. The fourth-order valence-corrected chi connectivity index (χ4v) is 5.24. The zero-order valence-electron chi connectivity index (χ0n) is 21.1. The van der Waals surface area contributed by atoms with E-state index in [-0.39, 0.29) is 38.4 Å². The first-order chi connectivity index (χ1) is 19.0. The number of benzene rings is 2. The number of aromatic nitrogens is 3. The highest BCUT2D eigenvalue weighted by atomic mass is 32.1. The van der Waals surface area contributed by atoms with Crippen molar-refractivity contribution in [2.24, 2.45) is 0 Å². The number of H-pyrrole nitrogens is 1. The maximum atomic E-state index is 13.7. The van der Waals surface area contributed by atoms with Crippen LogP contribution in [0.4, 0.5) is 22.0 Å². The zero-order valence-corrected chi connectivity index (χ0v) is 21.9. The highest BCUT2D eigenvalue weighted by Crippen LogP contribution is 2.36. The van der Waals surface area contributed by atoms with Crippen LogP contribution < -0.4 is 15.2 Å². The van der Waals surface area contributed by atoms with Crippen LogP contribution in [0.1, 0.15) is 29.0 Å². The van der Waals surface area contributed by atoms with Gasteiger partial charge in [0.1, 0.15) is 23.1 Å². The molecule has 14 heteroatoms. The molecule has 1 aliphatic rings. The Hall–Kier alpha value is -3.78. The molecule has 0 atom stereocenters. The molecule has 40 heavy (non-hydrogen) atoms. The van der Waals surface area contributed by atoms with Crippen LogP contribution in [-0.4, -0.2) is 46.1 Å². The summed E-state index contributed by atoms with van der Waals surface area (Å²) in [5.74, 6) is -2.42. The molecule has 0 radical (unpaired) electrons. The molecular formula is C26H23F5N4O4S. The summed E-state index contributed by atoms with van der Waals surface area (Å²) in [6, 6.07) is 9.59. The van der Waals surface area contributed by atoms with Crippen LogP contribution in [0.25, 0.3) is 22.0 Å². The van der Waals surface area contributed by atoms with Gasteiger partial charge in [-0.1, -0.05) is 17.3 Å². The number of piperidine rings is 1. The van der Waals surface area contributed by atoms with Crippen molar-refractivity contribution < 1.29 is 35.9 Å². The van der Waals surface area contributed by atoms with E-state index >= 15 is 0 Å². The number of rotatable bonds is 8. The first-order valence-electron chi connectivity index (χ1n) is 12.1. The standard InChI is InChI=1S/C26H23F5N4O4S/c1-37-20-12-17(6-7-18(20)22-33-24(36)39-34-22)38-14-21-19(13-35-10-8-25(27,28)9-11-35)32-23(40-21)15-2-4-16(5-3-15)26(29,30)31/h2-7,12H,8-11,13-14H2,1H3,(H,33,34,36). The third-order valence-corrected chi connectivity index (χ3v) is 7.56. The minimum atomic E-state index is -4.46. The molecule has 0 aliphatic carbocycles. The Morgan fingerprint density at radius 3 is 2.48 bits per heavy atom. The van der Waals surface area contributed by atoms with Gasteiger partial charge < -0.3 is 9.47 Å². The van der Waals surface area contributed by atoms with E-state index in [0.717, 1.165) is 12.1 Å². The average molecular weight is 583 g/mol. The van der Waals surface area contributed by atoms with Crippen LogP contribution in [-0.2, 0) is 19.3 Å². The van der Waals surface area contributed by atoms with Gasteiger partial charge >= 0.3 is 11.9 Å². The second-order valence-corrected chi connectivity index (χ2v) is 10.3. The number of ether oxygens (including phenoxy) is 2. The Bertz CT molecular complexity index is 1520. The molecule has 2 aromatic heterocycles. The largest absolute Gasteiger partial charge is 0.496 e. The van der Waals surface area contributed by atoms with E-state index in [1.807, 2.05) is 4.90 Å². The van der Waals surface area contributed by atoms with Crippen molar-refractivity contribution in [3.05, 3.63) is 69.1 Å². The van der Waals surface area contributed by atoms with Gasteiger partial charge in [0.05, 0.1) is 28.8 Å². The van der Waals surface area contributed by atoms with Gasteiger partial charge in [0, 0.05) is 44.1 Å². The van der Waals surface area contributed by atoms with Crippen molar-refractivity contribution in [3.63, 3.8) is 0 Å². The van der Waals surface area contributed by atoms with Gasteiger partial charge in [-0.15, -0.1) is 11.3 Å². The molecule has 0 unspecified atom stereocenters. The Kier molecular flexibility index (Phi) is 7.64. The number of thiazole rings is 1. The lowest BCUT2D eigenvalue weighted by Gasteiger charge is -2.31. The Balaban J connectivity index is 1.38. The van der Waals surface area contributed by atoms with Gasteiger partial charge in [-0.2, -0.15) is 13.2 Å². The van der Waals surface area contributed by atoms with Crippen molar-refractivity contribution >= 4 is 11.3 Å². The van der Waals surface area contributed by atoms with Crippen LogP contribution in [0.15, 0.2) is 51.8 Å². The third-order valence-electron chi connectivity index (χ3n) is 6.44. The number of hydrogen-bond acceptors (Lipinski definition) is 8. The summed E-state index contributed by atoms with van der Waals surface area (Å²) in [6.07, 6.45) is -4.96. The molecule has 1 saturated heterocycles. The number of methoxy groups -OCH3 is 1. The van der Waals surface area contributed by atoms with Gasteiger partial charge in [0.2, 0.25) is 0 Å². The van der Waals surface area contributed by atoms with Gasteiger partial charge in [-0.05, 0) is 24.3 Å². The van der Waals surface area contributed by atoms with Crippen molar-refractivity contribution in [2.45, 2.75) is 38.1 Å². The van der Waals surface area contributed by atoms with E-state index in [1.54, 1.807) is 18.2 Å². The van der Waals surface area contributed by atoms with Gasteiger partial charge in [0.15, 0.2) is 5.82 Å². The average Bonchev–Trinajstić information content (AvgIpc) is 3.54. The summed E-state index contributed by atoms with van der Waals surface area (Å²) >= 11 is 1.26. The summed E-state index contributed by atoms with van der Waals surface area (Å²) in [7, 11) is 1.45. The van der Waals surface area contributed by atoms with Crippen LogP contribution in [0.2, 0.25) is 0 Å². The molecule has 0 spiro atoms. The maximum Gasteiger partial charge on any atom is 0.439 e. The minimum Gasteiger partial charge on any atom is -0.496 e. The summed E-state index contributed by atoms with van der Waals surface area (Å²) in [5.41, 5.74) is 0.820. The van der Waals surface area contributed by atoms with Crippen molar-refractivity contribution in [1.29, 1.82) is 0 Å². The van der Waals surface area contributed by atoms with Gasteiger partial charge in [0.25, 0.3) is 5.92 Å². The molecule has 8 nitrogen and oxygen atoms in total. The van der Waals surface area contributed by atoms with Crippen LogP contribution >= 0.6 is 11.3 Å². The van der Waals surface area contributed by atoms with E-state index < -0.39 is 23.4 Å². The fourth-order valence-electron chi connectivity index (χ4n) is 4.25. The molecule has 3 heterocycles. The van der Waals surface area contributed by atoms with Gasteiger partial charge in [-0.25, -0.2) is 18.6 Å². The number of likely N-dealkylation sites (tertiary alicyclic amines) is 1. The number of aromatic amines is 1. The summed E-state index contributed by atoms with van der Waals surface area (Å²) in [4.78, 5) is 21.0. The lowest BCUT2D eigenvalue weighted by atomic mass is 10.1. The first-order valence-corrected chi connectivity index (χ1v) is 13.0. The van der Waals surface area contributed by atoms with E-state index in [2.05, 4.69) is 19.6 Å². The monoisotopic (exact) mass is 582 g/mol. The maximum absolute atomic E-state index is 13.7. The number of nitrogens with zero attached hydrogens (tertiary/aromatic N) is 3. The number of halogens is 5. The molecular weight excluding hydrogens is 559 g/mol.